The number of hydrogen-bond acceptors (Lipinski definition) is 2. The first-order valence-corrected chi connectivity index (χ1v) is 4.78. The number of nitrogens with zero attached hydrogens (tertiary/aromatic N) is 1. The van der Waals surface area contributed by atoms with Crippen molar-refractivity contribution in [3.05, 3.63) is 35.9 Å². The Bertz CT molecular complexity index is 323. The number of carbonyl (C=O) groups excluding carboxylic acids is 1. The zero-order chi connectivity index (χ0) is 9.97. The summed E-state index contributed by atoms with van der Waals surface area (Å²) in [6.07, 6.45) is -0.218. The van der Waals surface area contributed by atoms with Gasteiger partial charge in [0.1, 0.15) is 6.10 Å². The fourth-order valence-electron chi connectivity index (χ4n) is 1.68. The van der Waals surface area contributed by atoms with Gasteiger partial charge in [-0.3, -0.25) is 4.79 Å². The van der Waals surface area contributed by atoms with Crippen molar-refractivity contribution in [2.75, 3.05) is 6.54 Å². The Labute approximate surface area is 83.0 Å². The van der Waals surface area contributed by atoms with Gasteiger partial charge in [0.15, 0.2) is 0 Å². The SMILES string of the molecule is O=C1[C@@H](O)CCN1Cc1ccccc1. The van der Waals surface area contributed by atoms with Crippen LogP contribution in [0.15, 0.2) is 30.3 Å². The highest BCUT2D eigenvalue weighted by atomic mass is 16.3. The molecule has 0 aliphatic carbocycles. The second-order valence-electron chi connectivity index (χ2n) is 3.55. The van der Waals surface area contributed by atoms with Crippen molar-refractivity contribution in [3.8, 4) is 0 Å². The number of carbonyl (C=O) groups is 1. The molecule has 2 rings (SSSR count). The Kier molecular flexibility index (Phi) is 2.50. The van der Waals surface area contributed by atoms with Crippen LogP contribution < -0.4 is 0 Å². The maximum Gasteiger partial charge on any atom is 0.251 e. The van der Waals surface area contributed by atoms with Gasteiger partial charge in [-0.2, -0.15) is 0 Å². The van der Waals surface area contributed by atoms with E-state index < -0.39 is 6.10 Å². The number of aliphatic hydroxyl groups is 1. The lowest BCUT2D eigenvalue weighted by molar-refractivity contribution is -0.134. The van der Waals surface area contributed by atoms with Gasteiger partial charge in [-0.05, 0) is 12.0 Å². The third kappa shape index (κ3) is 1.77. The van der Waals surface area contributed by atoms with E-state index in [2.05, 4.69) is 0 Å². The summed E-state index contributed by atoms with van der Waals surface area (Å²) in [6.45, 7) is 1.27. The highest BCUT2D eigenvalue weighted by molar-refractivity contribution is 5.82. The molecule has 1 amide bonds. The molecule has 1 aliphatic heterocycles. The van der Waals surface area contributed by atoms with Gasteiger partial charge in [0, 0.05) is 13.1 Å². The van der Waals surface area contributed by atoms with E-state index in [9.17, 15) is 9.90 Å². The van der Waals surface area contributed by atoms with E-state index >= 15 is 0 Å². The van der Waals surface area contributed by atoms with Gasteiger partial charge in [-0.15, -0.1) is 0 Å². The minimum Gasteiger partial charge on any atom is -0.383 e. The van der Waals surface area contributed by atoms with Gasteiger partial charge in [-0.1, -0.05) is 30.3 Å². The first-order chi connectivity index (χ1) is 6.77. The predicted molar refractivity (Wildman–Crippen MR) is 52.5 cm³/mol. The van der Waals surface area contributed by atoms with Crippen LogP contribution in [0.2, 0.25) is 0 Å². The summed E-state index contributed by atoms with van der Waals surface area (Å²) in [6, 6.07) is 9.82. The van der Waals surface area contributed by atoms with Crippen molar-refractivity contribution < 1.29 is 9.90 Å². The van der Waals surface area contributed by atoms with Gasteiger partial charge in [0.25, 0.3) is 5.91 Å². The molecule has 1 aromatic carbocycles. The second-order valence-corrected chi connectivity index (χ2v) is 3.55. The molecule has 0 saturated carbocycles. The molecule has 74 valence electrons. The minimum absolute atomic E-state index is 0.145. The molecule has 0 bridgehead atoms. The lowest BCUT2D eigenvalue weighted by atomic mass is 10.2. The topological polar surface area (TPSA) is 40.5 Å². The maximum atomic E-state index is 11.4. The number of rotatable bonds is 2. The largest absolute Gasteiger partial charge is 0.383 e. The van der Waals surface area contributed by atoms with Crippen molar-refractivity contribution >= 4 is 5.91 Å². The van der Waals surface area contributed by atoms with E-state index in [1.807, 2.05) is 30.3 Å². The summed E-state index contributed by atoms with van der Waals surface area (Å²) >= 11 is 0. The van der Waals surface area contributed by atoms with Crippen LogP contribution in [0.1, 0.15) is 12.0 Å². The number of benzene rings is 1. The van der Waals surface area contributed by atoms with E-state index in [0.29, 0.717) is 19.5 Å². The number of likely N-dealkylation sites (tertiary alicyclic amines) is 1. The highest BCUT2D eigenvalue weighted by Crippen LogP contribution is 2.14. The Morgan fingerprint density at radius 1 is 1.36 bits per heavy atom. The molecule has 1 atom stereocenters. The summed E-state index contributed by atoms with van der Waals surface area (Å²) in [4.78, 5) is 13.1. The molecule has 1 aromatic rings. The van der Waals surface area contributed by atoms with Gasteiger partial charge < -0.3 is 10.0 Å². The number of hydrogen-bond donors (Lipinski definition) is 1. The molecule has 1 N–H and O–H groups in total. The fourth-order valence-corrected chi connectivity index (χ4v) is 1.68. The quantitative estimate of drug-likeness (QED) is 0.750. The van der Waals surface area contributed by atoms with Gasteiger partial charge in [0.05, 0.1) is 0 Å². The maximum absolute atomic E-state index is 11.4. The molecule has 1 fully saturated rings. The summed E-state index contributed by atoms with van der Waals surface area (Å²) < 4.78 is 0. The van der Waals surface area contributed by atoms with Crippen LogP contribution in [0.5, 0.6) is 0 Å². The predicted octanol–water partition coefficient (Wildman–Crippen LogP) is 0.780. The Hall–Kier alpha value is -1.35. The Morgan fingerprint density at radius 2 is 2.07 bits per heavy atom. The van der Waals surface area contributed by atoms with E-state index in [0.717, 1.165) is 5.56 Å². The van der Waals surface area contributed by atoms with Crippen LogP contribution in [0.3, 0.4) is 0 Å². The standard InChI is InChI=1S/C11H13NO2/c13-10-6-7-12(11(10)14)8-9-4-2-1-3-5-9/h1-5,10,13H,6-8H2/t10-/m0/s1. The highest BCUT2D eigenvalue weighted by Gasteiger charge is 2.29. The molecule has 14 heavy (non-hydrogen) atoms. The normalized spacial score (nSPS) is 21.6. The lowest BCUT2D eigenvalue weighted by Crippen LogP contribution is -2.28. The molecular formula is C11H13NO2. The zero-order valence-electron chi connectivity index (χ0n) is 7.89. The van der Waals surface area contributed by atoms with E-state index in [-0.39, 0.29) is 5.91 Å². The van der Waals surface area contributed by atoms with Gasteiger partial charge >= 0.3 is 0 Å². The van der Waals surface area contributed by atoms with Crippen LogP contribution in [-0.4, -0.2) is 28.6 Å². The summed E-state index contributed by atoms with van der Waals surface area (Å²) in [7, 11) is 0. The Balaban J connectivity index is 2.02. The molecule has 1 saturated heterocycles. The van der Waals surface area contributed by atoms with Crippen molar-refractivity contribution in [3.63, 3.8) is 0 Å². The lowest BCUT2D eigenvalue weighted by Gasteiger charge is -2.15. The third-order valence-corrected chi connectivity index (χ3v) is 2.49. The van der Waals surface area contributed by atoms with E-state index in [4.69, 9.17) is 0 Å². The Morgan fingerprint density at radius 3 is 2.64 bits per heavy atom. The number of amides is 1. The van der Waals surface area contributed by atoms with Crippen molar-refractivity contribution in [1.29, 1.82) is 0 Å². The fraction of sp³-hybridized carbons (Fsp3) is 0.364. The molecular weight excluding hydrogens is 178 g/mol. The van der Waals surface area contributed by atoms with Crippen molar-refractivity contribution in [1.82, 2.24) is 4.90 Å². The van der Waals surface area contributed by atoms with Crippen molar-refractivity contribution in [2.45, 2.75) is 19.1 Å². The van der Waals surface area contributed by atoms with Crippen LogP contribution in [0.25, 0.3) is 0 Å². The zero-order valence-corrected chi connectivity index (χ0v) is 7.89. The smallest absolute Gasteiger partial charge is 0.251 e. The molecule has 3 heteroatoms. The monoisotopic (exact) mass is 191 g/mol. The van der Waals surface area contributed by atoms with Gasteiger partial charge in [0.2, 0.25) is 0 Å². The first-order valence-electron chi connectivity index (χ1n) is 4.78. The summed E-state index contributed by atoms with van der Waals surface area (Å²) in [5.74, 6) is -0.145. The van der Waals surface area contributed by atoms with Crippen LogP contribution in [0, 0.1) is 0 Å². The number of aliphatic hydroxyl groups excluding tert-OH is 1. The molecule has 1 heterocycles. The first kappa shape index (κ1) is 9.21. The molecule has 1 aliphatic rings. The molecule has 3 nitrogen and oxygen atoms in total. The average Bonchev–Trinajstić information content (AvgIpc) is 2.52. The minimum atomic E-state index is -0.779. The van der Waals surface area contributed by atoms with Crippen LogP contribution in [-0.2, 0) is 11.3 Å². The average molecular weight is 191 g/mol. The van der Waals surface area contributed by atoms with E-state index in [1.165, 1.54) is 0 Å². The molecule has 0 spiro atoms. The molecule has 0 unspecified atom stereocenters. The van der Waals surface area contributed by atoms with Crippen molar-refractivity contribution in [2.24, 2.45) is 0 Å². The summed E-state index contributed by atoms with van der Waals surface area (Å²) in [5, 5.41) is 9.25. The van der Waals surface area contributed by atoms with Crippen LogP contribution in [0.4, 0.5) is 0 Å². The third-order valence-electron chi connectivity index (χ3n) is 2.49. The second kappa shape index (κ2) is 3.80. The molecule has 0 radical (unpaired) electrons. The van der Waals surface area contributed by atoms with Crippen LogP contribution >= 0.6 is 0 Å². The summed E-state index contributed by atoms with van der Waals surface area (Å²) in [5.41, 5.74) is 1.11. The van der Waals surface area contributed by atoms with Gasteiger partial charge in [-0.25, -0.2) is 0 Å². The van der Waals surface area contributed by atoms with E-state index in [1.54, 1.807) is 4.90 Å². The molecule has 0 aromatic heterocycles.